The van der Waals surface area contributed by atoms with Gasteiger partial charge in [-0.05, 0) is 43.3 Å². The number of nitrogens with one attached hydrogen (secondary N) is 1. The smallest absolute Gasteiger partial charge is 0.265 e. The van der Waals surface area contributed by atoms with Crippen LogP contribution in [0.5, 0.6) is 11.5 Å². The summed E-state index contributed by atoms with van der Waals surface area (Å²) in [7, 11) is 1.48. The number of hydrogen-bond acceptors (Lipinski definition) is 3. The molecule has 2 rings (SSSR count). The van der Waals surface area contributed by atoms with Crippen molar-refractivity contribution in [3.8, 4) is 11.5 Å². The zero-order valence-electron chi connectivity index (χ0n) is 12.4. The van der Waals surface area contributed by atoms with E-state index in [1.165, 1.54) is 19.2 Å². The van der Waals surface area contributed by atoms with E-state index in [0.717, 1.165) is 6.07 Å². The molecule has 0 saturated carbocycles. The number of benzene rings is 2. The van der Waals surface area contributed by atoms with E-state index < -0.39 is 17.8 Å². The second-order valence-corrected chi connectivity index (χ2v) is 5.51. The van der Waals surface area contributed by atoms with Crippen LogP contribution in [-0.4, -0.2) is 19.1 Å². The van der Waals surface area contributed by atoms with Crippen LogP contribution >= 0.6 is 23.2 Å². The molecule has 0 fully saturated rings. The van der Waals surface area contributed by atoms with Gasteiger partial charge in [0.1, 0.15) is 17.3 Å². The van der Waals surface area contributed by atoms with Gasteiger partial charge in [-0.2, -0.15) is 0 Å². The molecule has 7 heteroatoms. The molecule has 0 aromatic heterocycles. The van der Waals surface area contributed by atoms with Crippen molar-refractivity contribution in [3.05, 3.63) is 52.3 Å². The van der Waals surface area contributed by atoms with Gasteiger partial charge in [0.25, 0.3) is 5.91 Å². The van der Waals surface area contributed by atoms with Gasteiger partial charge in [-0.3, -0.25) is 4.79 Å². The number of amides is 1. The first-order chi connectivity index (χ1) is 10.9. The van der Waals surface area contributed by atoms with E-state index >= 15 is 0 Å². The second kappa shape index (κ2) is 7.53. The third kappa shape index (κ3) is 4.50. The van der Waals surface area contributed by atoms with Crippen LogP contribution in [0.25, 0.3) is 0 Å². The largest absolute Gasteiger partial charge is 0.495 e. The van der Waals surface area contributed by atoms with Gasteiger partial charge in [-0.1, -0.05) is 23.2 Å². The summed E-state index contributed by atoms with van der Waals surface area (Å²) in [6.07, 6.45) is -0.860. The predicted molar refractivity (Wildman–Crippen MR) is 88.1 cm³/mol. The minimum absolute atomic E-state index is 0.0880. The lowest BCUT2D eigenvalue weighted by molar-refractivity contribution is -0.122. The van der Waals surface area contributed by atoms with Crippen molar-refractivity contribution in [2.75, 3.05) is 12.4 Å². The Morgan fingerprint density at radius 3 is 2.52 bits per heavy atom. The molecule has 2 aromatic rings. The summed E-state index contributed by atoms with van der Waals surface area (Å²) in [6.45, 7) is 1.55. The Morgan fingerprint density at radius 2 is 1.87 bits per heavy atom. The van der Waals surface area contributed by atoms with E-state index in [9.17, 15) is 9.18 Å². The van der Waals surface area contributed by atoms with Gasteiger partial charge in [0, 0.05) is 5.02 Å². The average molecular weight is 358 g/mol. The first-order valence-electron chi connectivity index (χ1n) is 6.67. The van der Waals surface area contributed by atoms with Crippen LogP contribution < -0.4 is 14.8 Å². The molecule has 4 nitrogen and oxygen atoms in total. The molecule has 0 saturated heterocycles. The van der Waals surface area contributed by atoms with Crippen LogP contribution in [-0.2, 0) is 4.79 Å². The Kier molecular flexibility index (Phi) is 5.69. The van der Waals surface area contributed by atoms with Crippen LogP contribution in [0.1, 0.15) is 6.92 Å². The molecule has 0 aliphatic heterocycles. The molecule has 1 atom stereocenters. The molecular weight excluding hydrogens is 344 g/mol. The van der Waals surface area contributed by atoms with E-state index in [2.05, 4.69) is 5.32 Å². The maximum Gasteiger partial charge on any atom is 0.265 e. The van der Waals surface area contributed by atoms with Crippen molar-refractivity contribution in [1.29, 1.82) is 0 Å². The van der Waals surface area contributed by atoms with Gasteiger partial charge in [0.2, 0.25) is 0 Å². The van der Waals surface area contributed by atoms with E-state index in [1.54, 1.807) is 25.1 Å². The Bertz CT molecular complexity index is 724. The molecular formula is C16H14Cl2FNO3. The van der Waals surface area contributed by atoms with Crippen LogP contribution in [0.2, 0.25) is 10.0 Å². The molecule has 1 amide bonds. The van der Waals surface area contributed by atoms with E-state index in [0.29, 0.717) is 16.5 Å². The number of carbonyl (C=O) groups is 1. The molecule has 23 heavy (non-hydrogen) atoms. The Balaban J connectivity index is 2.10. The summed E-state index contributed by atoms with van der Waals surface area (Å²) >= 11 is 11.8. The number of rotatable bonds is 5. The highest BCUT2D eigenvalue weighted by Crippen LogP contribution is 2.29. The first-order valence-corrected chi connectivity index (χ1v) is 7.42. The number of carbonyl (C=O) groups excluding carboxylic acids is 1. The van der Waals surface area contributed by atoms with Crippen molar-refractivity contribution >= 4 is 34.8 Å². The highest BCUT2D eigenvalue weighted by atomic mass is 35.5. The minimum Gasteiger partial charge on any atom is -0.495 e. The average Bonchev–Trinajstić information content (AvgIpc) is 2.50. The van der Waals surface area contributed by atoms with Crippen molar-refractivity contribution in [3.63, 3.8) is 0 Å². The third-order valence-electron chi connectivity index (χ3n) is 2.99. The number of hydrogen-bond donors (Lipinski definition) is 1. The molecule has 1 N–H and O–H groups in total. The van der Waals surface area contributed by atoms with Crippen molar-refractivity contribution in [2.45, 2.75) is 13.0 Å². The Labute approximate surface area is 143 Å². The third-order valence-corrected chi connectivity index (χ3v) is 3.52. The van der Waals surface area contributed by atoms with Crippen LogP contribution in [0, 0.1) is 5.82 Å². The lowest BCUT2D eigenvalue weighted by Crippen LogP contribution is -2.30. The summed E-state index contributed by atoms with van der Waals surface area (Å²) in [5.41, 5.74) is 0.422. The van der Waals surface area contributed by atoms with E-state index in [4.69, 9.17) is 32.7 Å². The normalized spacial score (nSPS) is 11.7. The zero-order chi connectivity index (χ0) is 17.0. The fourth-order valence-corrected chi connectivity index (χ4v) is 2.21. The summed E-state index contributed by atoms with van der Waals surface area (Å²) in [5, 5.41) is 3.21. The number of anilines is 1. The first kappa shape index (κ1) is 17.4. The van der Waals surface area contributed by atoms with Crippen molar-refractivity contribution in [1.82, 2.24) is 0 Å². The number of methoxy groups -OCH3 is 1. The standard InChI is InChI=1S/C16H14Cl2FNO3/c1-9(23-14-6-4-11(19)8-12(14)18)16(21)20-13-7-10(17)3-5-15(13)22-2/h3-9H,1-2H3,(H,20,21)/t9-/m1/s1. The second-order valence-electron chi connectivity index (χ2n) is 4.67. The molecule has 0 bridgehead atoms. The quantitative estimate of drug-likeness (QED) is 0.853. The van der Waals surface area contributed by atoms with E-state index in [1.807, 2.05) is 0 Å². The molecule has 2 aromatic carbocycles. The topological polar surface area (TPSA) is 47.6 Å². The minimum atomic E-state index is -0.860. The van der Waals surface area contributed by atoms with Crippen LogP contribution in [0.3, 0.4) is 0 Å². The maximum atomic E-state index is 13.0. The number of halogens is 3. The van der Waals surface area contributed by atoms with Gasteiger partial charge in [-0.25, -0.2) is 4.39 Å². The monoisotopic (exact) mass is 357 g/mol. The Hall–Kier alpha value is -1.98. The molecule has 0 heterocycles. The van der Waals surface area contributed by atoms with Gasteiger partial charge in [0.15, 0.2) is 6.10 Å². The summed E-state index contributed by atoms with van der Waals surface area (Å²) in [4.78, 5) is 12.2. The lowest BCUT2D eigenvalue weighted by Gasteiger charge is -2.17. The Morgan fingerprint density at radius 1 is 1.17 bits per heavy atom. The zero-order valence-corrected chi connectivity index (χ0v) is 13.9. The fourth-order valence-electron chi connectivity index (χ4n) is 1.83. The van der Waals surface area contributed by atoms with Gasteiger partial charge in [-0.15, -0.1) is 0 Å². The number of ether oxygens (including phenoxy) is 2. The van der Waals surface area contributed by atoms with Gasteiger partial charge < -0.3 is 14.8 Å². The van der Waals surface area contributed by atoms with Crippen LogP contribution in [0.4, 0.5) is 10.1 Å². The molecule has 0 aliphatic carbocycles. The molecule has 0 radical (unpaired) electrons. The molecule has 122 valence electrons. The fraction of sp³-hybridized carbons (Fsp3) is 0.188. The van der Waals surface area contributed by atoms with Crippen LogP contribution in [0.15, 0.2) is 36.4 Å². The summed E-state index contributed by atoms with van der Waals surface area (Å²) < 4.78 is 23.6. The SMILES string of the molecule is COc1ccc(Cl)cc1NC(=O)[C@@H](C)Oc1ccc(F)cc1Cl. The van der Waals surface area contributed by atoms with Crippen molar-refractivity contribution < 1.29 is 18.7 Å². The summed E-state index contributed by atoms with van der Waals surface area (Å²) in [6, 6.07) is 8.53. The highest BCUT2D eigenvalue weighted by Gasteiger charge is 2.18. The molecule has 0 spiro atoms. The van der Waals surface area contributed by atoms with Crippen molar-refractivity contribution in [2.24, 2.45) is 0 Å². The van der Waals surface area contributed by atoms with Gasteiger partial charge in [0.05, 0.1) is 17.8 Å². The summed E-state index contributed by atoms with van der Waals surface area (Å²) in [5.74, 6) is -0.224. The lowest BCUT2D eigenvalue weighted by atomic mass is 10.2. The van der Waals surface area contributed by atoms with Gasteiger partial charge >= 0.3 is 0 Å². The maximum absolute atomic E-state index is 13.0. The van der Waals surface area contributed by atoms with E-state index in [-0.39, 0.29) is 10.8 Å². The predicted octanol–water partition coefficient (Wildman–Crippen LogP) is 4.55. The molecule has 0 aliphatic rings. The highest BCUT2D eigenvalue weighted by molar-refractivity contribution is 6.32. The molecule has 0 unspecified atom stereocenters.